The van der Waals surface area contributed by atoms with Crippen molar-refractivity contribution in [3.63, 3.8) is 0 Å². The van der Waals surface area contributed by atoms with Crippen LogP contribution in [0.4, 0.5) is 0 Å². The zero-order valence-electron chi connectivity index (χ0n) is 11.2. The van der Waals surface area contributed by atoms with Gasteiger partial charge in [-0.1, -0.05) is 20.8 Å². The summed E-state index contributed by atoms with van der Waals surface area (Å²) in [6, 6.07) is 0. The maximum Gasteiger partial charge on any atom is 0.0631 e. The molecule has 0 aliphatic carbocycles. The number of ether oxygens (including phenoxy) is 1. The van der Waals surface area contributed by atoms with Crippen molar-refractivity contribution in [1.29, 1.82) is 0 Å². The molecule has 0 aromatic heterocycles. The standard InChI is InChI=1S/C13H27NO/c1-7-12(4)9-11(15-6)10(3)13(5,8-2)14-12/h10-11,14H,7-9H2,1-6H3. The van der Waals surface area contributed by atoms with Crippen LogP contribution in [0.25, 0.3) is 0 Å². The minimum Gasteiger partial charge on any atom is -0.381 e. The summed E-state index contributed by atoms with van der Waals surface area (Å²) in [6.07, 6.45) is 3.83. The highest BCUT2D eigenvalue weighted by atomic mass is 16.5. The van der Waals surface area contributed by atoms with E-state index in [1.54, 1.807) is 0 Å². The number of rotatable bonds is 3. The van der Waals surface area contributed by atoms with E-state index in [1.807, 2.05) is 7.11 Å². The van der Waals surface area contributed by atoms with Crippen LogP contribution in [0.15, 0.2) is 0 Å². The van der Waals surface area contributed by atoms with Crippen LogP contribution in [0.2, 0.25) is 0 Å². The van der Waals surface area contributed by atoms with Crippen molar-refractivity contribution >= 4 is 0 Å². The van der Waals surface area contributed by atoms with Crippen molar-refractivity contribution in [3.8, 4) is 0 Å². The van der Waals surface area contributed by atoms with E-state index in [4.69, 9.17) is 4.74 Å². The average Bonchev–Trinajstić information content (AvgIpc) is 2.23. The fourth-order valence-corrected chi connectivity index (χ4v) is 2.82. The molecule has 0 aromatic carbocycles. The largest absolute Gasteiger partial charge is 0.381 e. The van der Waals surface area contributed by atoms with Crippen molar-refractivity contribution in [2.75, 3.05) is 7.11 Å². The van der Waals surface area contributed by atoms with Gasteiger partial charge >= 0.3 is 0 Å². The first-order chi connectivity index (χ1) is 6.90. The van der Waals surface area contributed by atoms with Crippen molar-refractivity contribution in [2.45, 2.75) is 71.1 Å². The third-order valence-electron chi connectivity index (χ3n) is 4.62. The van der Waals surface area contributed by atoms with Gasteiger partial charge in [-0.25, -0.2) is 0 Å². The van der Waals surface area contributed by atoms with E-state index < -0.39 is 0 Å². The highest BCUT2D eigenvalue weighted by Gasteiger charge is 2.46. The molecule has 1 fully saturated rings. The summed E-state index contributed by atoms with van der Waals surface area (Å²) >= 11 is 0. The van der Waals surface area contributed by atoms with Gasteiger partial charge in [0, 0.05) is 24.1 Å². The van der Waals surface area contributed by atoms with E-state index in [0.29, 0.717) is 12.0 Å². The van der Waals surface area contributed by atoms with Gasteiger partial charge < -0.3 is 10.1 Å². The molecule has 2 heteroatoms. The second kappa shape index (κ2) is 4.42. The van der Waals surface area contributed by atoms with Gasteiger partial charge in [-0.15, -0.1) is 0 Å². The van der Waals surface area contributed by atoms with Crippen LogP contribution in [0.5, 0.6) is 0 Å². The number of nitrogens with one attached hydrogen (secondary N) is 1. The normalized spacial score (nSPS) is 46.8. The van der Waals surface area contributed by atoms with Crippen LogP contribution in [-0.4, -0.2) is 24.3 Å². The minimum atomic E-state index is 0.212. The van der Waals surface area contributed by atoms with Gasteiger partial charge in [-0.05, 0) is 33.1 Å². The van der Waals surface area contributed by atoms with Gasteiger partial charge in [0.1, 0.15) is 0 Å². The van der Waals surface area contributed by atoms with Crippen LogP contribution in [0, 0.1) is 5.92 Å². The molecule has 1 N–H and O–H groups in total. The monoisotopic (exact) mass is 213 g/mol. The molecule has 2 nitrogen and oxygen atoms in total. The lowest BCUT2D eigenvalue weighted by molar-refractivity contribution is -0.0519. The summed E-state index contributed by atoms with van der Waals surface area (Å²) in [4.78, 5) is 0. The van der Waals surface area contributed by atoms with E-state index in [9.17, 15) is 0 Å². The maximum absolute atomic E-state index is 5.66. The zero-order chi connectivity index (χ0) is 11.7. The van der Waals surface area contributed by atoms with Gasteiger partial charge in [0.15, 0.2) is 0 Å². The molecule has 0 radical (unpaired) electrons. The number of methoxy groups -OCH3 is 1. The van der Waals surface area contributed by atoms with E-state index in [-0.39, 0.29) is 11.1 Å². The molecule has 0 amide bonds. The molecule has 1 aliphatic heterocycles. The first-order valence-electron chi connectivity index (χ1n) is 6.23. The number of hydrogen-bond donors (Lipinski definition) is 1. The summed E-state index contributed by atoms with van der Waals surface area (Å²) in [7, 11) is 1.85. The highest BCUT2D eigenvalue weighted by Crippen LogP contribution is 2.38. The fraction of sp³-hybridized carbons (Fsp3) is 1.00. The Morgan fingerprint density at radius 3 is 2.27 bits per heavy atom. The predicted octanol–water partition coefficient (Wildman–Crippen LogP) is 2.97. The molecule has 0 saturated carbocycles. The molecule has 4 atom stereocenters. The van der Waals surface area contributed by atoms with Crippen LogP contribution >= 0.6 is 0 Å². The molecular formula is C13H27NO. The quantitative estimate of drug-likeness (QED) is 0.778. The Hall–Kier alpha value is -0.0800. The molecule has 0 spiro atoms. The van der Waals surface area contributed by atoms with Crippen LogP contribution in [0.3, 0.4) is 0 Å². The Kier molecular flexibility index (Phi) is 3.83. The number of piperidine rings is 1. The van der Waals surface area contributed by atoms with Gasteiger partial charge in [0.2, 0.25) is 0 Å². The van der Waals surface area contributed by atoms with E-state index >= 15 is 0 Å². The number of hydrogen-bond acceptors (Lipinski definition) is 2. The minimum absolute atomic E-state index is 0.212. The van der Waals surface area contributed by atoms with Crippen LogP contribution in [-0.2, 0) is 4.74 Å². The first kappa shape index (κ1) is 13.0. The molecule has 15 heavy (non-hydrogen) atoms. The molecule has 0 bridgehead atoms. The van der Waals surface area contributed by atoms with E-state index in [0.717, 1.165) is 19.3 Å². The average molecular weight is 213 g/mol. The summed E-state index contributed by atoms with van der Waals surface area (Å²) < 4.78 is 5.66. The van der Waals surface area contributed by atoms with Gasteiger partial charge in [0.05, 0.1) is 6.10 Å². The summed E-state index contributed by atoms with van der Waals surface area (Å²) in [5.41, 5.74) is 0.446. The lowest BCUT2D eigenvalue weighted by atomic mass is 9.70. The molecule has 1 saturated heterocycles. The van der Waals surface area contributed by atoms with Gasteiger partial charge in [-0.3, -0.25) is 0 Å². The second-order valence-electron chi connectivity index (χ2n) is 5.58. The van der Waals surface area contributed by atoms with Crippen LogP contribution in [0.1, 0.15) is 53.9 Å². The van der Waals surface area contributed by atoms with Gasteiger partial charge in [0.25, 0.3) is 0 Å². The highest BCUT2D eigenvalue weighted by molar-refractivity contribution is 5.04. The molecule has 90 valence electrons. The Bertz CT molecular complexity index is 219. The Morgan fingerprint density at radius 2 is 1.87 bits per heavy atom. The Morgan fingerprint density at radius 1 is 1.27 bits per heavy atom. The zero-order valence-corrected chi connectivity index (χ0v) is 11.2. The topological polar surface area (TPSA) is 21.3 Å². The van der Waals surface area contributed by atoms with Crippen molar-refractivity contribution in [3.05, 3.63) is 0 Å². The maximum atomic E-state index is 5.66. The van der Waals surface area contributed by atoms with E-state index in [1.165, 1.54) is 0 Å². The lowest BCUT2D eigenvalue weighted by Crippen LogP contribution is -2.66. The summed E-state index contributed by atoms with van der Waals surface area (Å²) in [5.74, 6) is 0.576. The predicted molar refractivity (Wildman–Crippen MR) is 65.1 cm³/mol. The summed E-state index contributed by atoms with van der Waals surface area (Å²) in [5, 5.41) is 3.84. The van der Waals surface area contributed by atoms with Crippen molar-refractivity contribution < 1.29 is 4.74 Å². The molecular weight excluding hydrogens is 186 g/mol. The SMILES string of the molecule is CCC1(C)CC(OC)C(C)C(C)(CC)N1. The van der Waals surface area contributed by atoms with Crippen molar-refractivity contribution in [1.82, 2.24) is 5.32 Å². The Labute approximate surface area is 94.8 Å². The molecule has 4 unspecified atom stereocenters. The van der Waals surface area contributed by atoms with Gasteiger partial charge in [-0.2, -0.15) is 0 Å². The van der Waals surface area contributed by atoms with Crippen molar-refractivity contribution in [2.24, 2.45) is 5.92 Å². The lowest BCUT2D eigenvalue weighted by Gasteiger charge is -2.53. The smallest absolute Gasteiger partial charge is 0.0631 e. The fourth-order valence-electron chi connectivity index (χ4n) is 2.82. The molecule has 1 heterocycles. The molecule has 0 aromatic rings. The first-order valence-corrected chi connectivity index (χ1v) is 6.23. The third-order valence-corrected chi connectivity index (χ3v) is 4.62. The second-order valence-corrected chi connectivity index (χ2v) is 5.58. The summed E-state index contributed by atoms with van der Waals surface area (Å²) in [6.45, 7) is 11.5. The molecule has 1 aliphatic rings. The Balaban J connectivity index is 2.91. The van der Waals surface area contributed by atoms with Crippen LogP contribution < -0.4 is 5.32 Å². The molecule has 1 rings (SSSR count). The third kappa shape index (κ3) is 2.36. The van der Waals surface area contributed by atoms with E-state index in [2.05, 4.69) is 39.9 Å².